The minimum atomic E-state index is -0.793. The third-order valence-corrected chi connectivity index (χ3v) is 12.3. The van der Waals surface area contributed by atoms with Crippen LogP contribution in [-0.2, 0) is 28.6 Å². The van der Waals surface area contributed by atoms with Crippen molar-refractivity contribution < 1.29 is 28.6 Å². The fraction of sp³-hybridized carbons (Fsp3) is 0.703. The number of carbonyl (C=O) groups is 3. The van der Waals surface area contributed by atoms with Gasteiger partial charge in [0.25, 0.3) is 0 Å². The molecule has 1 unspecified atom stereocenters. The van der Waals surface area contributed by atoms with Crippen molar-refractivity contribution in [2.24, 2.45) is 0 Å². The first kappa shape index (κ1) is 66.3. The Morgan fingerprint density at radius 2 is 0.557 bits per heavy atom. The average Bonchev–Trinajstić information content (AvgIpc) is 3.36. The molecule has 0 aromatic carbocycles. The summed E-state index contributed by atoms with van der Waals surface area (Å²) in [7, 11) is 0. The number of rotatable bonds is 52. The van der Waals surface area contributed by atoms with E-state index in [-0.39, 0.29) is 31.1 Å². The molecule has 6 nitrogen and oxygen atoms in total. The second kappa shape index (κ2) is 57.9. The second-order valence-corrected chi connectivity index (χ2v) is 19.2. The molecule has 6 heteroatoms. The monoisotopic (exact) mass is 973 g/mol. The highest BCUT2D eigenvalue weighted by atomic mass is 16.6. The van der Waals surface area contributed by atoms with Crippen molar-refractivity contribution in [3.05, 3.63) is 97.2 Å². The molecule has 0 heterocycles. The number of esters is 3. The number of carbonyl (C=O) groups excluding carboxylic acids is 3. The average molecular weight is 974 g/mol. The molecule has 0 N–H and O–H groups in total. The van der Waals surface area contributed by atoms with Gasteiger partial charge >= 0.3 is 17.9 Å². The molecule has 0 amide bonds. The molecule has 0 radical (unpaired) electrons. The third-order valence-electron chi connectivity index (χ3n) is 12.3. The molecule has 0 saturated carbocycles. The fourth-order valence-corrected chi connectivity index (χ4v) is 7.95. The molecule has 0 rings (SSSR count). The van der Waals surface area contributed by atoms with Crippen LogP contribution in [0.1, 0.15) is 271 Å². The molecule has 1 atom stereocenters. The van der Waals surface area contributed by atoms with E-state index in [1.165, 1.54) is 96.3 Å². The normalized spacial score (nSPS) is 12.8. The van der Waals surface area contributed by atoms with E-state index in [2.05, 4.69) is 118 Å². The molecule has 0 spiro atoms. The highest BCUT2D eigenvalue weighted by Crippen LogP contribution is 2.15. The molecule has 400 valence electrons. The quantitative estimate of drug-likeness (QED) is 0.0262. The minimum absolute atomic E-state index is 0.0880. The Kier molecular flexibility index (Phi) is 54.9. The van der Waals surface area contributed by atoms with Crippen LogP contribution < -0.4 is 0 Å². The van der Waals surface area contributed by atoms with Crippen molar-refractivity contribution in [1.29, 1.82) is 0 Å². The van der Waals surface area contributed by atoms with Gasteiger partial charge in [0.15, 0.2) is 6.10 Å². The highest BCUT2D eigenvalue weighted by Gasteiger charge is 2.19. The molecule has 0 bridgehead atoms. The van der Waals surface area contributed by atoms with Crippen LogP contribution in [0, 0.1) is 0 Å². The van der Waals surface area contributed by atoms with E-state index in [1.54, 1.807) is 0 Å². The fourth-order valence-electron chi connectivity index (χ4n) is 7.95. The zero-order valence-electron chi connectivity index (χ0n) is 45.8. The van der Waals surface area contributed by atoms with E-state index in [0.29, 0.717) is 19.3 Å². The van der Waals surface area contributed by atoms with Crippen LogP contribution in [0.15, 0.2) is 97.2 Å². The van der Waals surface area contributed by atoms with Gasteiger partial charge in [-0.25, -0.2) is 0 Å². The number of ether oxygens (including phenoxy) is 3. The van der Waals surface area contributed by atoms with Gasteiger partial charge in [0.05, 0.1) is 0 Å². The Bertz CT molecular complexity index is 1400. The first-order chi connectivity index (χ1) is 34.5. The lowest BCUT2D eigenvalue weighted by Crippen LogP contribution is -2.30. The van der Waals surface area contributed by atoms with Gasteiger partial charge in [-0.05, 0) is 103 Å². The summed E-state index contributed by atoms with van der Waals surface area (Å²) in [5.74, 6) is -0.916. The van der Waals surface area contributed by atoms with Crippen LogP contribution >= 0.6 is 0 Å². The number of unbranched alkanes of at least 4 members (excludes halogenated alkanes) is 25. The Balaban J connectivity index is 4.42. The molecule has 0 aliphatic heterocycles. The molecular weight excluding hydrogens is 865 g/mol. The lowest BCUT2D eigenvalue weighted by molar-refractivity contribution is -0.167. The van der Waals surface area contributed by atoms with Crippen LogP contribution in [0.3, 0.4) is 0 Å². The van der Waals surface area contributed by atoms with Gasteiger partial charge in [0.2, 0.25) is 0 Å². The summed E-state index contributed by atoms with van der Waals surface area (Å²) in [5, 5.41) is 0. The molecule has 0 saturated heterocycles. The Morgan fingerprint density at radius 1 is 0.300 bits per heavy atom. The van der Waals surface area contributed by atoms with Crippen molar-refractivity contribution >= 4 is 17.9 Å². The number of allylic oxidation sites excluding steroid dienone is 16. The van der Waals surface area contributed by atoms with Crippen molar-refractivity contribution in [1.82, 2.24) is 0 Å². The topological polar surface area (TPSA) is 78.9 Å². The summed E-state index contributed by atoms with van der Waals surface area (Å²) in [4.78, 5) is 38.2. The maximum absolute atomic E-state index is 12.9. The smallest absolute Gasteiger partial charge is 0.306 e. The number of hydrogen-bond acceptors (Lipinski definition) is 6. The van der Waals surface area contributed by atoms with E-state index >= 15 is 0 Å². The summed E-state index contributed by atoms with van der Waals surface area (Å²) in [5.41, 5.74) is 0. The zero-order valence-corrected chi connectivity index (χ0v) is 45.8. The summed E-state index contributed by atoms with van der Waals surface area (Å²) in [6.45, 7) is 6.48. The van der Waals surface area contributed by atoms with Gasteiger partial charge in [-0.3, -0.25) is 14.4 Å². The lowest BCUT2D eigenvalue weighted by atomic mass is 10.0. The van der Waals surface area contributed by atoms with Gasteiger partial charge in [0, 0.05) is 19.3 Å². The molecule has 0 aromatic rings. The highest BCUT2D eigenvalue weighted by molar-refractivity contribution is 5.71. The van der Waals surface area contributed by atoms with Gasteiger partial charge in [0.1, 0.15) is 13.2 Å². The first-order valence-electron chi connectivity index (χ1n) is 29.2. The van der Waals surface area contributed by atoms with Crippen LogP contribution in [-0.4, -0.2) is 37.2 Å². The Hall–Kier alpha value is -3.67. The van der Waals surface area contributed by atoms with Crippen molar-refractivity contribution in [2.75, 3.05) is 13.2 Å². The Labute approximate surface area is 432 Å². The van der Waals surface area contributed by atoms with Crippen LogP contribution in [0.4, 0.5) is 0 Å². The van der Waals surface area contributed by atoms with Gasteiger partial charge in [-0.1, -0.05) is 246 Å². The van der Waals surface area contributed by atoms with Crippen LogP contribution in [0.2, 0.25) is 0 Å². The summed E-state index contributed by atoms with van der Waals surface area (Å²) < 4.78 is 16.9. The minimum Gasteiger partial charge on any atom is -0.462 e. The maximum Gasteiger partial charge on any atom is 0.306 e. The SMILES string of the molecule is CC/C=C\C/C=C\C/C=C\C/C=C\C/C=C\CCCCCCCC(=O)OCC(COC(=O)CCCCCCCCCCCCCC)OC(=O)CCCCCCCC/C=C\C/C=C\C/C=C\CCCCC. The van der Waals surface area contributed by atoms with E-state index < -0.39 is 6.10 Å². The Morgan fingerprint density at radius 3 is 0.900 bits per heavy atom. The van der Waals surface area contributed by atoms with Gasteiger partial charge < -0.3 is 14.2 Å². The number of hydrogen-bond donors (Lipinski definition) is 0. The van der Waals surface area contributed by atoms with E-state index in [9.17, 15) is 14.4 Å². The second-order valence-electron chi connectivity index (χ2n) is 19.2. The van der Waals surface area contributed by atoms with Gasteiger partial charge in [-0.2, -0.15) is 0 Å². The van der Waals surface area contributed by atoms with Crippen LogP contribution in [0.25, 0.3) is 0 Å². The molecule has 0 aliphatic carbocycles. The molecular formula is C64H108O6. The standard InChI is InChI=1S/C64H108O6/c1-4-7-10-13-16-19-22-25-27-29-31-32-34-35-37-39-42-45-48-51-54-57-63(66)69-60-61(59-68-62(65)56-53-50-47-44-41-24-21-18-15-12-9-6-3)70-64(67)58-55-52-49-46-43-40-38-36-33-30-28-26-23-20-17-14-11-8-5-2/h7,10,16-17,19-20,25-28,31-33,35-37,61H,4-6,8-9,11-15,18,21-24,29-30,34,38-60H2,1-3H3/b10-7-,19-16-,20-17-,27-25-,28-26-,32-31-,36-33-,37-35-. The zero-order chi connectivity index (χ0) is 50.7. The first-order valence-corrected chi connectivity index (χ1v) is 29.2. The molecule has 70 heavy (non-hydrogen) atoms. The summed E-state index contributed by atoms with van der Waals surface area (Å²) in [6, 6.07) is 0. The summed E-state index contributed by atoms with van der Waals surface area (Å²) in [6.07, 6.45) is 76.7. The molecule has 0 fully saturated rings. The van der Waals surface area contributed by atoms with E-state index in [4.69, 9.17) is 14.2 Å². The predicted octanol–water partition coefficient (Wildman–Crippen LogP) is 19.7. The van der Waals surface area contributed by atoms with Crippen molar-refractivity contribution in [3.8, 4) is 0 Å². The predicted molar refractivity (Wildman–Crippen MR) is 302 cm³/mol. The molecule has 0 aliphatic rings. The van der Waals surface area contributed by atoms with E-state index in [0.717, 1.165) is 135 Å². The largest absolute Gasteiger partial charge is 0.462 e. The molecule has 0 aromatic heterocycles. The lowest BCUT2D eigenvalue weighted by Gasteiger charge is -2.18. The maximum atomic E-state index is 12.9. The van der Waals surface area contributed by atoms with E-state index in [1.807, 2.05) is 0 Å². The summed E-state index contributed by atoms with van der Waals surface area (Å²) >= 11 is 0. The van der Waals surface area contributed by atoms with Crippen molar-refractivity contribution in [3.63, 3.8) is 0 Å². The third kappa shape index (κ3) is 55.3. The van der Waals surface area contributed by atoms with Crippen LogP contribution in [0.5, 0.6) is 0 Å². The van der Waals surface area contributed by atoms with Gasteiger partial charge in [-0.15, -0.1) is 0 Å². The van der Waals surface area contributed by atoms with Crippen molar-refractivity contribution in [2.45, 2.75) is 277 Å².